The zero-order valence-electron chi connectivity index (χ0n) is 16.0. The van der Waals surface area contributed by atoms with Gasteiger partial charge >= 0.3 is 5.97 Å². The summed E-state index contributed by atoms with van der Waals surface area (Å²) in [5.74, 6) is -0.0123. The first kappa shape index (κ1) is 19.2. The number of benzene rings is 2. The molecule has 0 N–H and O–H groups in total. The fraction of sp³-hybridized carbons (Fsp3) is 0.238. The molecule has 3 aromatic rings. The lowest BCUT2D eigenvalue weighted by atomic mass is 10.1. The zero-order chi connectivity index (χ0) is 20.6. The molecule has 4 rings (SSSR count). The van der Waals surface area contributed by atoms with Gasteiger partial charge in [-0.2, -0.15) is 0 Å². The number of esters is 1. The number of para-hydroxylation sites is 1. The predicted octanol–water partition coefficient (Wildman–Crippen LogP) is 3.48. The Morgan fingerprint density at radius 2 is 2.00 bits per heavy atom. The SMILES string of the molecule is Cc1cc(COC(=O)c2cccc(S(=O)(=O)N3c4ccccc4C[C@@H]3C)c2)no1. The van der Waals surface area contributed by atoms with Crippen molar-refractivity contribution >= 4 is 21.7 Å². The van der Waals surface area contributed by atoms with Crippen LogP contribution in [0.4, 0.5) is 5.69 Å². The molecule has 0 saturated heterocycles. The molecule has 0 bridgehead atoms. The number of ether oxygens (including phenoxy) is 1. The Hall–Kier alpha value is -3.13. The second kappa shape index (κ2) is 7.36. The van der Waals surface area contributed by atoms with E-state index in [2.05, 4.69) is 5.16 Å². The number of hydrogen-bond donors (Lipinski definition) is 0. The highest BCUT2D eigenvalue weighted by Gasteiger charge is 2.36. The van der Waals surface area contributed by atoms with Crippen LogP contribution in [-0.2, 0) is 27.8 Å². The number of carbonyl (C=O) groups is 1. The van der Waals surface area contributed by atoms with Crippen molar-refractivity contribution in [1.82, 2.24) is 5.16 Å². The highest BCUT2D eigenvalue weighted by molar-refractivity contribution is 7.92. The van der Waals surface area contributed by atoms with Crippen LogP contribution in [0.3, 0.4) is 0 Å². The second-order valence-corrected chi connectivity index (χ2v) is 8.83. The molecule has 29 heavy (non-hydrogen) atoms. The van der Waals surface area contributed by atoms with Crippen molar-refractivity contribution in [2.45, 2.75) is 37.8 Å². The van der Waals surface area contributed by atoms with Crippen molar-refractivity contribution in [2.24, 2.45) is 0 Å². The van der Waals surface area contributed by atoms with Gasteiger partial charge in [0.05, 0.1) is 16.1 Å². The van der Waals surface area contributed by atoms with E-state index in [0.29, 0.717) is 23.6 Å². The zero-order valence-corrected chi connectivity index (χ0v) is 16.8. The average molecular weight is 412 g/mol. The Bertz CT molecular complexity index is 1170. The van der Waals surface area contributed by atoms with Crippen molar-refractivity contribution in [3.63, 3.8) is 0 Å². The van der Waals surface area contributed by atoms with Gasteiger partial charge in [-0.3, -0.25) is 4.31 Å². The summed E-state index contributed by atoms with van der Waals surface area (Å²) in [5, 5.41) is 3.77. The van der Waals surface area contributed by atoms with E-state index in [-0.39, 0.29) is 23.1 Å². The normalized spacial score (nSPS) is 15.9. The van der Waals surface area contributed by atoms with Gasteiger partial charge in [0.15, 0.2) is 0 Å². The Morgan fingerprint density at radius 3 is 2.76 bits per heavy atom. The van der Waals surface area contributed by atoms with Crippen LogP contribution in [0.2, 0.25) is 0 Å². The number of sulfonamides is 1. The number of hydrogen-bond acceptors (Lipinski definition) is 6. The number of aromatic nitrogens is 1. The number of aryl methyl sites for hydroxylation is 1. The molecule has 8 heteroatoms. The molecule has 150 valence electrons. The van der Waals surface area contributed by atoms with E-state index in [9.17, 15) is 13.2 Å². The van der Waals surface area contributed by atoms with Crippen LogP contribution in [0.25, 0.3) is 0 Å². The van der Waals surface area contributed by atoms with Gasteiger partial charge in [-0.15, -0.1) is 0 Å². The van der Waals surface area contributed by atoms with Crippen molar-refractivity contribution in [3.8, 4) is 0 Å². The minimum Gasteiger partial charge on any atom is -0.455 e. The van der Waals surface area contributed by atoms with E-state index in [4.69, 9.17) is 9.26 Å². The predicted molar refractivity (Wildman–Crippen MR) is 106 cm³/mol. The van der Waals surface area contributed by atoms with E-state index in [1.54, 1.807) is 19.1 Å². The maximum Gasteiger partial charge on any atom is 0.338 e. The molecular weight excluding hydrogens is 392 g/mol. The fourth-order valence-corrected chi connectivity index (χ4v) is 5.25. The lowest BCUT2D eigenvalue weighted by molar-refractivity contribution is 0.0464. The third kappa shape index (κ3) is 3.63. The van der Waals surface area contributed by atoms with E-state index >= 15 is 0 Å². The molecule has 1 aromatic heterocycles. The van der Waals surface area contributed by atoms with Crippen LogP contribution < -0.4 is 4.31 Å². The molecule has 0 fully saturated rings. The third-order valence-electron chi connectivity index (χ3n) is 4.80. The van der Waals surface area contributed by atoms with E-state index in [0.717, 1.165) is 5.56 Å². The van der Waals surface area contributed by atoms with Crippen LogP contribution in [0.1, 0.15) is 34.3 Å². The highest BCUT2D eigenvalue weighted by Crippen LogP contribution is 2.36. The molecular formula is C21H20N2O5S. The molecule has 0 spiro atoms. The minimum absolute atomic E-state index is 0.0489. The maximum absolute atomic E-state index is 13.3. The van der Waals surface area contributed by atoms with Gasteiger partial charge in [0.2, 0.25) is 0 Å². The minimum atomic E-state index is -3.82. The van der Waals surface area contributed by atoms with Crippen molar-refractivity contribution < 1.29 is 22.5 Å². The van der Waals surface area contributed by atoms with E-state index in [1.807, 2.05) is 25.1 Å². The molecule has 2 heterocycles. The van der Waals surface area contributed by atoms with Crippen molar-refractivity contribution in [1.29, 1.82) is 0 Å². The lowest BCUT2D eigenvalue weighted by Crippen LogP contribution is -2.35. The molecule has 0 aliphatic carbocycles. The first-order valence-electron chi connectivity index (χ1n) is 9.18. The second-order valence-electron chi connectivity index (χ2n) is 7.02. The largest absolute Gasteiger partial charge is 0.455 e. The van der Waals surface area contributed by atoms with Gasteiger partial charge in [0.25, 0.3) is 10.0 Å². The van der Waals surface area contributed by atoms with E-state index in [1.165, 1.54) is 28.6 Å². The summed E-state index contributed by atoms with van der Waals surface area (Å²) in [6.45, 7) is 3.56. The van der Waals surface area contributed by atoms with Crippen LogP contribution >= 0.6 is 0 Å². The van der Waals surface area contributed by atoms with Gasteiger partial charge in [0.1, 0.15) is 18.1 Å². The number of anilines is 1. The van der Waals surface area contributed by atoms with Gasteiger partial charge in [0, 0.05) is 12.1 Å². The number of carbonyl (C=O) groups excluding carboxylic acids is 1. The van der Waals surface area contributed by atoms with Gasteiger partial charge < -0.3 is 9.26 Å². The molecule has 7 nitrogen and oxygen atoms in total. The smallest absolute Gasteiger partial charge is 0.338 e. The van der Waals surface area contributed by atoms with Crippen LogP contribution in [-0.4, -0.2) is 25.6 Å². The Labute approximate surface area is 168 Å². The summed E-state index contributed by atoms with van der Waals surface area (Å²) in [6.07, 6.45) is 0.647. The Morgan fingerprint density at radius 1 is 1.21 bits per heavy atom. The third-order valence-corrected chi connectivity index (χ3v) is 6.72. The fourth-order valence-electron chi connectivity index (χ4n) is 3.51. The Kier molecular flexibility index (Phi) is 4.87. The van der Waals surface area contributed by atoms with E-state index < -0.39 is 16.0 Å². The number of fused-ring (bicyclic) bond motifs is 1. The summed E-state index contributed by atoms with van der Waals surface area (Å²) in [6, 6.07) is 14.8. The monoisotopic (exact) mass is 412 g/mol. The van der Waals surface area contributed by atoms with Crippen molar-refractivity contribution in [3.05, 3.63) is 77.2 Å². The summed E-state index contributed by atoms with van der Waals surface area (Å²) in [5.41, 5.74) is 2.31. The number of nitrogens with zero attached hydrogens (tertiary/aromatic N) is 2. The molecule has 1 aliphatic heterocycles. The topological polar surface area (TPSA) is 89.7 Å². The molecule has 1 aliphatic rings. The molecule has 1 atom stereocenters. The quantitative estimate of drug-likeness (QED) is 0.596. The van der Waals surface area contributed by atoms with Crippen molar-refractivity contribution in [2.75, 3.05) is 4.31 Å². The van der Waals surface area contributed by atoms with Gasteiger partial charge in [-0.05, 0) is 50.1 Å². The van der Waals surface area contributed by atoms with Gasteiger partial charge in [-0.1, -0.05) is 29.4 Å². The maximum atomic E-state index is 13.3. The molecule has 0 amide bonds. The molecule has 0 radical (unpaired) electrons. The van der Waals surface area contributed by atoms with Crippen LogP contribution in [0.5, 0.6) is 0 Å². The standard InChI is InChI=1S/C21H20N2O5S/c1-14-10-16-6-3-4-9-20(16)23(14)29(25,26)19-8-5-7-17(12-19)21(24)27-13-18-11-15(2)28-22-18/h3-9,11-12,14H,10,13H2,1-2H3/t14-/m0/s1. The van der Waals surface area contributed by atoms with Crippen LogP contribution in [0, 0.1) is 6.92 Å². The average Bonchev–Trinajstić information content (AvgIpc) is 3.28. The number of rotatable bonds is 5. The summed E-state index contributed by atoms with van der Waals surface area (Å²) >= 11 is 0. The first-order chi connectivity index (χ1) is 13.9. The molecule has 0 saturated carbocycles. The first-order valence-corrected chi connectivity index (χ1v) is 10.6. The van der Waals surface area contributed by atoms with Gasteiger partial charge in [-0.25, -0.2) is 13.2 Å². The molecule has 0 unspecified atom stereocenters. The molecule has 2 aromatic carbocycles. The Balaban J connectivity index is 1.58. The summed E-state index contributed by atoms with van der Waals surface area (Å²) in [4.78, 5) is 12.4. The van der Waals surface area contributed by atoms with Crippen LogP contribution in [0.15, 0.2) is 64.0 Å². The highest BCUT2D eigenvalue weighted by atomic mass is 32.2. The summed E-state index contributed by atoms with van der Waals surface area (Å²) in [7, 11) is -3.82. The lowest BCUT2D eigenvalue weighted by Gasteiger charge is -2.24. The summed E-state index contributed by atoms with van der Waals surface area (Å²) < 4.78 is 38.2.